The van der Waals surface area contributed by atoms with Crippen molar-refractivity contribution in [3.63, 3.8) is 0 Å². The molecule has 0 bridgehead atoms. The van der Waals surface area contributed by atoms with E-state index in [1.165, 1.54) is 0 Å². The summed E-state index contributed by atoms with van der Waals surface area (Å²) in [4.78, 5) is 21.2. The molecule has 6 nitrogen and oxygen atoms in total. The first-order valence-electron chi connectivity index (χ1n) is 9.39. The number of nitrogens with zero attached hydrogens (tertiary/aromatic N) is 4. The van der Waals surface area contributed by atoms with Crippen molar-refractivity contribution in [2.24, 2.45) is 10.9 Å². The molecule has 3 heterocycles. The lowest BCUT2D eigenvalue weighted by molar-refractivity contribution is 0.737. The summed E-state index contributed by atoms with van der Waals surface area (Å²) >= 11 is 0. The topological polar surface area (TPSA) is 78.9 Å². The number of hydrogen-bond acceptors (Lipinski definition) is 5. The predicted molar refractivity (Wildman–Crippen MR) is 115 cm³/mol. The number of aromatic nitrogens is 4. The number of hydrogen-bond donors (Lipinski definition) is 2. The molecule has 3 rings (SSSR count). The molecule has 0 saturated carbocycles. The Hall–Kier alpha value is -2.76. The molecule has 0 aliphatic heterocycles. The van der Waals surface area contributed by atoms with Gasteiger partial charge in [0.25, 0.3) is 0 Å². The molecule has 2 N–H and O–H groups in total. The second kappa shape index (κ2) is 9.26. The van der Waals surface area contributed by atoms with E-state index in [4.69, 9.17) is 0 Å². The fraction of sp³-hybridized carbons (Fsp3) is 0.429. The molecule has 0 saturated heterocycles. The van der Waals surface area contributed by atoms with E-state index in [0.29, 0.717) is 5.95 Å². The van der Waals surface area contributed by atoms with E-state index in [0.717, 1.165) is 51.8 Å². The first-order chi connectivity index (χ1) is 12.8. The van der Waals surface area contributed by atoms with Crippen molar-refractivity contribution in [1.82, 2.24) is 19.9 Å². The molecule has 0 unspecified atom stereocenters. The molecular weight excluding hydrogens is 336 g/mol. The summed E-state index contributed by atoms with van der Waals surface area (Å²) in [7, 11) is 0. The van der Waals surface area contributed by atoms with E-state index in [-0.39, 0.29) is 0 Å². The smallest absolute Gasteiger partial charge is 0.224 e. The van der Waals surface area contributed by atoms with E-state index in [1.807, 2.05) is 52.2 Å². The number of anilines is 1. The Morgan fingerprint density at radius 2 is 1.89 bits per heavy atom. The number of fused-ring (bicyclic) bond motifs is 1. The highest BCUT2D eigenvalue weighted by Gasteiger charge is 2.11. The van der Waals surface area contributed by atoms with Crippen LogP contribution in [-0.4, -0.2) is 32.2 Å². The average Bonchev–Trinajstić information content (AvgIpc) is 2.99. The van der Waals surface area contributed by atoms with Gasteiger partial charge in [-0.3, -0.25) is 9.98 Å². The van der Waals surface area contributed by atoms with Crippen LogP contribution in [0.25, 0.3) is 22.3 Å². The summed E-state index contributed by atoms with van der Waals surface area (Å²) in [5, 5.41) is 4.07. The molecule has 0 aliphatic rings. The van der Waals surface area contributed by atoms with Crippen molar-refractivity contribution in [3.8, 4) is 11.3 Å². The maximum atomic E-state index is 4.68. The van der Waals surface area contributed by atoms with Crippen molar-refractivity contribution in [2.45, 2.75) is 48.5 Å². The fourth-order valence-electron chi connectivity index (χ4n) is 2.43. The van der Waals surface area contributed by atoms with Crippen LogP contribution in [-0.2, 0) is 0 Å². The maximum absolute atomic E-state index is 4.68. The summed E-state index contributed by atoms with van der Waals surface area (Å²) in [6, 6.07) is 3.98. The molecule has 0 aliphatic carbocycles. The Morgan fingerprint density at radius 1 is 1.19 bits per heavy atom. The van der Waals surface area contributed by atoms with Gasteiger partial charge in [0.05, 0.1) is 17.1 Å². The fourth-order valence-corrected chi connectivity index (χ4v) is 2.43. The Bertz CT molecular complexity index is 917. The van der Waals surface area contributed by atoms with E-state index >= 15 is 0 Å². The lowest BCUT2D eigenvalue weighted by atomic mass is 10.1. The van der Waals surface area contributed by atoms with Crippen LogP contribution in [0.4, 0.5) is 11.6 Å². The van der Waals surface area contributed by atoms with Crippen LogP contribution in [0.5, 0.6) is 0 Å². The highest BCUT2D eigenvalue weighted by atomic mass is 15.1. The lowest BCUT2D eigenvalue weighted by Crippen LogP contribution is -2.01. The number of aromatic amines is 1. The number of pyridine rings is 1. The Kier molecular flexibility index (Phi) is 7.05. The highest BCUT2D eigenvalue weighted by molar-refractivity contribution is 5.92. The predicted octanol–water partition coefficient (Wildman–Crippen LogP) is 5.53. The minimum Gasteiger partial charge on any atom is -0.354 e. The van der Waals surface area contributed by atoms with Gasteiger partial charge < -0.3 is 10.3 Å². The van der Waals surface area contributed by atoms with Crippen LogP contribution >= 0.6 is 0 Å². The monoisotopic (exact) mass is 366 g/mol. The SMILES string of the molecule is CC(C)C.CCNc1ncc2c(-c3ccc(N=C(C)C)c(C)n3)c[nH]c2n1. The van der Waals surface area contributed by atoms with Crippen molar-refractivity contribution in [3.05, 3.63) is 30.2 Å². The molecular formula is C21H30N6. The number of aliphatic imine (C=N–C) groups is 1. The van der Waals surface area contributed by atoms with Gasteiger partial charge >= 0.3 is 0 Å². The van der Waals surface area contributed by atoms with Gasteiger partial charge in [-0.25, -0.2) is 4.98 Å². The molecule has 0 atom stereocenters. The van der Waals surface area contributed by atoms with Crippen molar-refractivity contribution >= 4 is 28.4 Å². The van der Waals surface area contributed by atoms with Crippen LogP contribution in [0, 0.1) is 12.8 Å². The summed E-state index contributed by atoms with van der Waals surface area (Å²) in [6.45, 7) is 15.2. The quantitative estimate of drug-likeness (QED) is 0.595. The van der Waals surface area contributed by atoms with Gasteiger partial charge in [0.1, 0.15) is 5.65 Å². The molecule has 0 radical (unpaired) electrons. The van der Waals surface area contributed by atoms with Crippen LogP contribution in [0.1, 0.15) is 47.2 Å². The Morgan fingerprint density at radius 3 is 2.48 bits per heavy atom. The van der Waals surface area contributed by atoms with Gasteiger partial charge in [-0.2, -0.15) is 4.98 Å². The molecule has 144 valence electrons. The highest BCUT2D eigenvalue weighted by Crippen LogP contribution is 2.29. The van der Waals surface area contributed by atoms with E-state index in [9.17, 15) is 0 Å². The maximum Gasteiger partial charge on any atom is 0.224 e. The summed E-state index contributed by atoms with van der Waals surface area (Å²) in [6.07, 6.45) is 3.75. The number of H-pyrrole nitrogens is 1. The first kappa shape index (κ1) is 20.6. The number of rotatable bonds is 4. The molecule has 3 aromatic rings. The molecule has 0 spiro atoms. The lowest BCUT2D eigenvalue weighted by Gasteiger charge is -2.05. The van der Waals surface area contributed by atoms with E-state index < -0.39 is 0 Å². The molecule has 0 aromatic carbocycles. The third kappa shape index (κ3) is 5.61. The Balaban J connectivity index is 0.000000596. The van der Waals surface area contributed by atoms with Gasteiger partial charge in [0.2, 0.25) is 5.95 Å². The zero-order valence-electron chi connectivity index (χ0n) is 17.4. The molecule has 0 fully saturated rings. The first-order valence-corrected chi connectivity index (χ1v) is 9.39. The van der Waals surface area contributed by atoms with Gasteiger partial charge in [-0.1, -0.05) is 20.8 Å². The normalized spacial score (nSPS) is 10.5. The summed E-state index contributed by atoms with van der Waals surface area (Å²) < 4.78 is 0. The standard InChI is InChI=1S/C17H20N6.C4H10/c1-5-18-17-20-9-13-12(8-19-16(13)23-17)15-7-6-14(11(4)22-15)21-10(2)3;1-4(2)3/h6-9H,5H2,1-4H3,(H2,18,19,20,23);4H,1-3H3. The third-order valence-electron chi connectivity index (χ3n) is 3.44. The second-order valence-electron chi connectivity index (χ2n) is 7.28. The van der Waals surface area contributed by atoms with Crippen LogP contribution in [0.2, 0.25) is 0 Å². The molecule has 3 aromatic heterocycles. The number of nitrogens with one attached hydrogen (secondary N) is 2. The minimum absolute atomic E-state index is 0.626. The van der Waals surface area contributed by atoms with Gasteiger partial charge in [-0.15, -0.1) is 0 Å². The largest absolute Gasteiger partial charge is 0.354 e. The van der Waals surface area contributed by atoms with E-state index in [1.54, 1.807) is 0 Å². The van der Waals surface area contributed by atoms with Crippen LogP contribution in [0.15, 0.2) is 29.5 Å². The van der Waals surface area contributed by atoms with E-state index in [2.05, 4.69) is 51.0 Å². The second-order valence-corrected chi connectivity index (χ2v) is 7.28. The zero-order chi connectivity index (χ0) is 20.0. The van der Waals surface area contributed by atoms with Gasteiger partial charge in [0.15, 0.2) is 0 Å². The third-order valence-corrected chi connectivity index (χ3v) is 3.44. The van der Waals surface area contributed by atoms with Gasteiger partial charge in [-0.05, 0) is 45.7 Å². The summed E-state index contributed by atoms with van der Waals surface area (Å²) in [5.74, 6) is 1.46. The number of aryl methyl sites for hydroxylation is 1. The van der Waals surface area contributed by atoms with Crippen molar-refractivity contribution in [1.29, 1.82) is 0 Å². The van der Waals surface area contributed by atoms with Crippen molar-refractivity contribution < 1.29 is 0 Å². The average molecular weight is 367 g/mol. The van der Waals surface area contributed by atoms with Crippen LogP contribution < -0.4 is 5.32 Å². The molecule has 0 amide bonds. The van der Waals surface area contributed by atoms with Gasteiger partial charge in [0, 0.05) is 35.6 Å². The Labute approximate surface area is 161 Å². The summed E-state index contributed by atoms with van der Waals surface area (Å²) in [5.41, 5.74) is 5.51. The van der Waals surface area contributed by atoms with Crippen molar-refractivity contribution in [2.75, 3.05) is 11.9 Å². The molecule has 27 heavy (non-hydrogen) atoms. The molecule has 6 heteroatoms. The minimum atomic E-state index is 0.626. The van der Waals surface area contributed by atoms with Crippen LogP contribution in [0.3, 0.4) is 0 Å². The zero-order valence-corrected chi connectivity index (χ0v) is 17.4.